The number of ether oxygens (including phenoxy) is 1. The standard InChI is InChI=1S/C18H24N6O3/c1-19-18(26)15-4-3-6-20-17(15)21-7-5-14-12-24(8-9-27-14)13-10-16(25)23(2)22-11-13/h3-4,6,10-11,14H,5,7-9,12H2,1-2H3,(H,19,26)(H,20,21). The summed E-state index contributed by atoms with van der Waals surface area (Å²) in [7, 11) is 3.22. The number of hydrogen-bond acceptors (Lipinski definition) is 7. The first-order valence-electron chi connectivity index (χ1n) is 8.89. The Hall–Kier alpha value is -2.94. The van der Waals surface area contributed by atoms with E-state index >= 15 is 0 Å². The third kappa shape index (κ3) is 4.62. The SMILES string of the molecule is CNC(=O)c1cccnc1NCCC1CN(c2cnn(C)c(=O)c2)CCO1. The van der Waals surface area contributed by atoms with Gasteiger partial charge in [0.1, 0.15) is 5.82 Å². The van der Waals surface area contributed by atoms with E-state index in [-0.39, 0.29) is 17.6 Å². The smallest absolute Gasteiger partial charge is 0.268 e. The van der Waals surface area contributed by atoms with Crippen molar-refractivity contribution in [2.75, 3.05) is 43.5 Å². The number of aryl methyl sites for hydroxylation is 1. The summed E-state index contributed by atoms with van der Waals surface area (Å²) in [4.78, 5) is 30.0. The molecule has 1 amide bonds. The van der Waals surface area contributed by atoms with Crippen LogP contribution in [0.15, 0.2) is 35.4 Å². The fourth-order valence-electron chi connectivity index (χ4n) is 2.98. The van der Waals surface area contributed by atoms with E-state index in [0.29, 0.717) is 31.1 Å². The minimum Gasteiger partial charge on any atom is -0.374 e. The third-order valence-electron chi connectivity index (χ3n) is 4.50. The van der Waals surface area contributed by atoms with Gasteiger partial charge in [-0.15, -0.1) is 0 Å². The van der Waals surface area contributed by atoms with Crippen molar-refractivity contribution in [3.05, 3.63) is 46.5 Å². The molecule has 0 aliphatic carbocycles. The van der Waals surface area contributed by atoms with E-state index in [1.54, 1.807) is 44.7 Å². The summed E-state index contributed by atoms with van der Waals surface area (Å²) < 4.78 is 7.14. The highest BCUT2D eigenvalue weighted by molar-refractivity contribution is 5.98. The molecule has 0 saturated carbocycles. The number of pyridine rings is 1. The van der Waals surface area contributed by atoms with Gasteiger partial charge >= 0.3 is 0 Å². The number of nitrogens with one attached hydrogen (secondary N) is 2. The third-order valence-corrected chi connectivity index (χ3v) is 4.50. The number of nitrogens with zero attached hydrogens (tertiary/aromatic N) is 4. The second-order valence-corrected chi connectivity index (χ2v) is 6.31. The maximum absolute atomic E-state index is 11.9. The van der Waals surface area contributed by atoms with Gasteiger partial charge in [-0.25, -0.2) is 9.67 Å². The summed E-state index contributed by atoms with van der Waals surface area (Å²) in [5.41, 5.74) is 1.19. The fraction of sp³-hybridized carbons (Fsp3) is 0.444. The molecule has 3 heterocycles. The Morgan fingerprint density at radius 3 is 3.07 bits per heavy atom. The molecule has 0 bridgehead atoms. The maximum atomic E-state index is 11.9. The molecule has 1 aliphatic rings. The highest BCUT2D eigenvalue weighted by Gasteiger charge is 2.21. The molecule has 1 saturated heterocycles. The molecule has 9 heteroatoms. The van der Waals surface area contributed by atoms with Crippen LogP contribution < -0.4 is 21.1 Å². The lowest BCUT2D eigenvalue weighted by Gasteiger charge is -2.34. The summed E-state index contributed by atoms with van der Waals surface area (Å²) in [6, 6.07) is 5.06. The van der Waals surface area contributed by atoms with Crippen LogP contribution in [-0.2, 0) is 11.8 Å². The fourth-order valence-corrected chi connectivity index (χ4v) is 2.98. The minimum absolute atomic E-state index is 0.0162. The van der Waals surface area contributed by atoms with E-state index in [0.717, 1.165) is 18.7 Å². The zero-order valence-electron chi connectivity index (χ0n) is 15.5. The van der Waals surface area contributed by atoms with E-state index in [9.17, 15) is 9.59 Å². The Labute approximate surface area is 157 Å². The average molecular weight is 372 g/mol. The number of anilines is 2. The zero-order valence-corrected chi connectivity index (χ0v) is 15.5. The molecule has 2 aromatic heterocycles. The molecule has 0 radical (unpaired) electrons. The molecule has 2 N–H and O–H groups in total. The van der Waals surface area contributed by atoms with Crippen LogP contribution in [0.5, 0.6) is 0 Å². The molecule has 3 rings (SSSR count). The molecule has 1 fully saturated rings. The van der Waals surface area contributed by atoms with Crippen molar-refractivity contribution < 1.29 is 9.53 Å². The highest BCUT2D eigenvalue weighted by atomic mass is 16.5. The van der Waals surface area contributed by atoms with Crippen LogP contribution >= 0.6 is 0 Å². The monoisotopic (exact) mass is 372 g/mol. The Morgan fingerprint density at radius 2 is 2.30 bits per heavy atom. The topological polar surface area (TPSA) is 101 Å². The number of rotatable bonds is 6. The molecule has 144 valence electrons. The maximum Gasteiger partial charge on any atom is 0.268 e. The Morgan fingerprint density at radius 1 is 1.44 bits per heavy atom. The van der Waals surface area contributed by atoms with Gasteiger partial charge in [-0.05, 0) is 18.6 Å². The lowest BCUT2D eigenvalue weighted by atomic mass is 10.2. The van der Waals surface area contributed by atoms with Gasteiger partial charge in [-0.2, -0.15) is 5.10 Å². The van der Waals surface area contributed by atoms with E-state index in [1.165, 1.54) is 4.68 Å². The molecule has 0 spiro atoms. The van der Waals surface area contributed by atoms with E-state index < -0.39 is 0 Å². The summed E-state index contributed by atoms with van der Waals surface area (Å²) in [6.07, 6.45) is 4.11. The normalized spacial score (nSPS) is 16.8. The zero-order chi connectivity index (χ0) is 19.2. The molecule has 1 aliphatic heterocycles. The quantitative estimate of drug-likeness (QED) is 0.749. The van der Waals surface area contributed by atoms with Crippen LogP contribution in [0, 0.1) is 0 Å². The summed E-state index contributed by atoms with van der Waals surface area (Å²) in [5, 5.41) is 9.90. The first kappa shape index (κ1) is 18.8. The van der Waals surface area contributed by atoms with Crippen molar-refractivity contribution in [3.8, 4) is 0 Å². The first-order chi connectivity index (χ1) is 13.1. The van der Waals surface area contributed by atoms with Gasteiger partial charge in [0.2, 0.25) is 0 Å². The molecular formula is C18H24N6O3. The lowest BCUT2D eigenvalue weighted by Crippen LogP contribution is -2.43. The number of carbonyl (C=O) groups is 1. The predicted molar refractivity (Wildman–Crippen MR) is 102 cm³/mol. The Balaban J connectivity index is 1.57. The summed E-state index contributed by atoms with van der Waals surface area (Å²) in [5.74, 6) is 0.379. The number of hydrogen-bond donors (Lipinski definition) is 2. The van der Waals surface area contributed by atoms with Crippen LogP contribution in [0.2, 0.25) is 0 Å². The van der Waals surface area contributed by atoms with Gasteiger partial charge in [-0.3, -0.25) is 9.59 Å². The number of carbonyl (C=O) groups excluding carboxylic acids is 1. The Bertz CT molecular complexity index is 853. The van der Waals surface area contributed by atoms with E-state index in [1.807, 2.05) is 0 Å². The van der Waals surface area contributed by atoms with Crippen LogP contribution in [0.1, 0.15) is 16.8 Å². The highest BCUT2D eigenvalue weighted by Crippen LogP contribution is 2.17. The van der Waals surface area contributed by atoms with Gasteiger partial charge in [0.05, 0.1) is 30.2 Å². The molecule has 9 nitrogen and oxygen atoms in total. The van der Waals surface area contributed by atoms with Crippen LogP contribution in [-0.4, -0.2) is 60.1 Å². The summed E-state index contributed by atoms with van der Waals surface area (Å²) >= 11 is 0. The Kier molecular flexibility index (Phi) is 6.02. The van der Waals surface area contributed by atoms with Crippen LogP contribution in [0.25, 0.3) is 0 Å². The van der Waals surface area contributed by atoms with Crippen molar-refractivity contribution in [1.29, 1.82) is 0 Å². The minimum atomic E-state index is -0.177. The predicted octanol–water partition coefficient (Wildman–Crippen LogP) is 0.242. The van der Waals surface area contributed by atoms with Gasteiger partial charge in [0.25, 0.3) is 11.5 Å². The molecule has 1 atom stereocenters. The second kappa shape index (κ2) is 8.63. The van der Waals surface area contributed by atoms with Crippen molar-refractivity contribution in [2.24, 2.45) is 7.05 Å². The van der Waals surface area contributed by atoms with E-state index in [4.69, 9.17) is 4.74 Å². The van der Waals surface area contributed by atoms with Crippen LogP contribution in [0.4, 0.5) is 11.5 Å². The molecule has 1 unspecified atom stereocenters. The second-order valence-electron chi connectivity index (χ2n) is 6.31. The molecule has 2 aromatic rings. The summed E-state index contributed by atoms with van der Waals surface area (Å²) in [6.45, 7) is 2.61. The average Bonchev–Trinajstić information content (AvgIpc) is 2.70. The van der Waals surface area contributed by atoms with Gasteiger partial charge in [0.15, 0.2) is 0 Å². The molecular weight excluding hydrogens is 348 g/mol. The van der Waals surface area contributed by atoms with Gasteiger partial charge in [-0.1, -0.05) is 0 Å². The van der Waals surface area contributed by atoms with Crippen molar-refractivity contribution in [3.63, 3.8) is 0 Å². The van der Waals surface area contributed by atoms with Gasteiger partial charge in [0, 0.05) is 46.0 Å². The van der Waals surface area contributed by atoms with Crippen LogP contribution in [0.3, 0.4) is 0 Å². The van der Waals surface area contributed by atoms with Gasteiger partial charge < -0.3 is 20.3 Å². The largest absolute Gasteiger partial charge is 0.374 e. The molecule has 27 heavy (non-hydrogen) atoms. The van der Waals surface area contributed by atoms with E-state index in [2.05, 4.69) is 25.6 Å². The lowest BCUT2D eigenvalue weighted by molar-refractivity contribution is 0.0374. The number of aromatic nitrogens is 3. The number of morpholine rings is 1. The first-order valence-corrected chi connectivity index (χ1v) is 8.89. The van der Waals surface area contributed by atoms with Crippen molar-refractivity contribution in [1.82, 2.24) is 20.1 Å². The van der Waals surface area contributed by atoms with Crippen molar-refractivity contribution >= 4 is 17.4 Å². The number of amides is 1. The van der Waals surface area contributed by atoms with Crippen molar-refractivity contribution in [2.45, 2.75) is 12.5 Å². The molecule has 0 aromatic carbocycles.